The van der Waals surface area contributed by atoms with Crippen LogP contribution in [0.2, 0.25) is 5.02 Å². The molecule has 0 fully saturated rings. The second-order valence-electron chi connectivity index (χ2n) is 4.91. The van der Waals surface area contributed by atoms with Gasteiger partial charge in [0.25, 0.3) is 0 Å². The third kappa shape index (κ3) is 6.19. The molecule has 8 heteroatoms. The van der Waals surface area contributed by atoms with Gasteiger partial charge in [0, 0.05) is 5.02 Å². The van der Waals surface area contributed by atoms with E-state index in [0.29, 0.717) is 29.7 Å². The van der Waals surface area contributed by atoms with Gasteiger partial charge in [-0.05, 0) is 70.5 Å². The molecule has 0 atom stereocenters. The predicted octanol–water partition coefficient (Wildman–Crippen LogP) is 4.25. The number of nitrogens with two attached hydrogens (primary N) is 1. The molecule has 3 N–H and O–H groups in total. The molecule has 25 heavy (non-hydrogen) atoms. The quantitative estimate of drug-likeness (QED) is 0.381. The largest absolute Gasteiger partial charge is 0.490 e. The van der Waals surface area contributed by atoms with E-state index in [9.17, 15) is 0 Å². The molecular weight excluding hydrogens is 426 g/mol. The lowest BCUT2D eigenvalue weighted by Crippen LogP contribution is -2.23. The normalized spacial score (nSPS) is 10.7. The second kappa shape index (κ2) is 9.60. The van der Waals surface area contributed by atoms with Crippen LogP contribution >= 0.6 is 39.7 Å². The molecule has 0 saturated carbocycles. The number of ether oxygens (including phenoxy) is 2. The van der Waals surface area contributed by atoms with Crippen LogP contribution in [0.3, 0.4) is 0 Å². The van der Waals surface area contributed by atoms with E-state index in [1.807, 2.05) is 43.3 Å². The summed E-state index contributed by atoms with van der Waals surface area (Å²) in [6, 6.07) is 11.2. The van der Waals surface area contributed by atoms with Gasteiger partial charge in [-0.2, -0.15) is 5.10 Å². The van der Waals surface area contributed by atoms with E-state index in [-0.39, 0.29) is 5.11 Å². The number of rotatable bonds is 7. The minimum atomic E-state index is 0.100. The van der Waals surface area contributed by atoms with Gasteiger partial charge in [0.1, 0.15) is 6.61 Å². The van der Waals surface area contributed by atoms with E-state index in [1.165, 1.54) is 0 Å². The van der Waals surface area contributed by atoms with Crippen LogP contribution in [0.1, 0.15) is 18.1 Å². The summed E-state index contributed by atoms with van der Waals surface area (Å²) >= 11 is 14.1. The van der Waals surface area contributed by atoms with Crippen LogP contribution in [0.4, 0.5) is 0 Å². The van der Waals surface area contributed by atoms with Crippen LogP contribution in [0, 0.1) is 0 Å². The van der Waals surface area contributed by atoms with Crippen molar-refractivity contribution in [2.75, 3.05) is 6.61 Å². The average molecular weight is 443 g/mol. The molecule has 0 aliphatic heterocycles. The Hall–Kier alpha value is -1.83. The highest BCUT2D eigenvalue weighted by Gasteiger charge is 2.12. The van der Waals surface area contributed by atoms with Gasteiger partial charge >= 0.3 is 0 Å². The third-order valence-electron chi connectivity index (χ3n) is 3.02. The highest BCUT2D eigenvalue weighted by molar-refractivity contribution is 9.10. The fourth-order valence-electron chi connectivity index (χ4n) is 1.97. The first-order chi connectivity index (χ1) is 12.0. The first-order valence-electron chi connectivity index (χ1n) is 7.41. The molecule has 0 heterocycles. The Bertz CT molecular complexity index is 769. The Morgan fingerprint density at radius 2 is 2.04 bits per heavy atom. The van der Waals surface area contributed by atoms with Crippen molar-refractivity contribution in [1.82, 2.24) is 5.43 Å². The van der Waals surface area contributed by atoms with E-state index in [1.54, 1.807) is 6.21 Å². The van der Waals surface area contributed by atoms with Crippen molar-refractivity contribution in [3.63, 3.8) is 0 Å². The molecule has 0 spiro atoms. The summed E-state index contributed by atoms with van der Waals surface area (Å²) in [5, 5.41) is 4.73. The molecule has 0 radical (unpaired) electrons. The lowest BCUT2D eigenvalue weighted by Gasteiger charge is -2.14. The molecule has 2 rings (SSSR count). The summed E-state index contributed by atoms with van der Waals surface area (Å²) in [4.78, 5) is 0. The summed E-state index contributed by atoms with van der Waals surface area (Å²) in [5.41, 5.74) is 9.66. The number of hydrazone groups is 1. The number of hydrogen-bond acceptors (Lipinski definition) is 4. The second-order valence-corrected chi connectivity index (χ2v) is 6.64. The highest BCUT2D eigenvalue weighted by atomic mass is 79.9. The first-order valence-corrected chi connectivity index (χ1v) is 8.99. The number of hydrogen-bond donors (Lipinski definition) is 2. The zero-order valence-electron chi connectivity index (χ0n) is 13.5. The molecule has 0 saturated heterocycles. The van der Waals surface area contributed by atoms with Crippen molar-refractivity contribution in [2.45, 2.75) is 13.5 Å². The van der Waals surface area contributed by atoms with E-state index in [2.05, 4.69) is 26.5 Å². The minimum Gasteiger partial charge on any atom is -0.490 e. The molecule has 132 valence electrons. The van der Waals surface area contributed by atoms with Gasteiger partial charge in [-0.25, -0.2) is 0 Å². The molecule has 2 aromatic carbocycles. The molecule has 0 bridgehead atoms. The first kappa shape index (κ1) is 19.5. The van der Waals surface area contributed by atoms with Gasteiger partial charge in [0.15, 0.2) is 16.6 Å². The van der Waals surface area contributed by atoms with Gasteiger partial charge in [-0.1, -0.05) is 23.7 Å². The Morgan fingerprint density at radius 3 is 2.68 bits per heavy atom. The van der Waals surface area contributed by atoms with Gasteiger partial charge in [0.2, 0.25) is 0 Å². The standard InChI is InChI=1S/C17H17BrClN3O2S/c1-2-23-15-8-12(9-21-22-17(20)25)7-14(18)16(15)24-10-11-3-5-13(19)6-4-11/h3-9H,2,10H2,1H3,(H3,20,22,25)/b21-9+. The van der Waals surface area contributed by atoms with Crippen molar-refractivity contribution in [3.05, 3.63) is 57.0 Å². The van der Waals surface area contributed by atoms with Gasteiger partial charge < -0.3 is 15.2 Å². The lowest BCUT2D eigenvalue weighted by atomic mass is 10.2. The topological polar surface area (TPSA) is 68.9 Å². The number of nitrogens with one attached hydrogen (secondary N) is 1. The predicted molar refractivity (Wildman–Crippen MR) is 109 cm³/mol. The maximum Gasteiger partial charge on any atom is 0.184 e. The zero-order chi connectivity index (χ0) is 18.2. The summed E-state index contributed by atoms with van der Waals surface area (Å²) in [6.45, 7) is 2.81. The number of thiocarbonyl (C=S) groups is 1. The Morgan fingerprint density at radius 1 is 1.32 bits per heavy atom. The Labute approximate surface area is 165 Å². The minimum absolute atomic E-state index is 0.100. The van der Waals surface area contributed by atoms with Crippen LogP contribution < -0.4 is 20.6 Å². The Kier molecular flexibility index (Phi) is 7.49. The van der Waals surface area contributed by atoms with E-state index >= 15 is 0 Å². The van der Waals surface area contributed by atoms with E-state index in [4.69, 9.17) is 39.0 Å². The summed E-state index contributed by atoms with van der Waals surface area (Å²) in [7, 11) is 0. The fraction of sp³-hybridized carbons (Fsp3) is 0.176. The molecule has 5 nitrogen and oxygen atoms in total. The van der Waals surface area contributed by atoms with Crippen LogP contribution in [0.25, 0.3) is 0 Å². The molecule has 0 aromatic heterocycles. The fourth-order valence-corrected chi connectivity index (χ4v) is 2.72. The van der Waals surface area contributed by atoms with Crippen LogP contribution in [0.5, 0.6) is 11.5 Å². The van der Waals surface area contributed by atoms with Gasteiger partial charge in [-0.15, -0.1) is 0 Å². The van der Waals surface area contributed by atoms with Crippen molar-refractivity contribution in [3.8, 4) is 11.5 Å². The van der Waals surface area contributed by atoms with E-state index in [0.717, 1.165) is 15.6 Å². The van der Waals surface area contributed by atoms with Crippen molar-refractivity contribution >= 4 is 51.1 Å². The van der Waals surface area contributed by atoms with Crippen molar-refractivity contribution < 1.29 is 9.47 Å². The molecule has 0 aliphatic rings. The number of benzene rings is 2. The average Bonchev–Trinajstić information content (AvgIpc) is 2.55. The summed E-state index contributed by atoms with van der Waals surface area (Å²) < 4.78 is 12.4. The smallest absolute Gasteiger partial charge is 0.184 e. The summed E-state index contributed by atoms with van der Waals surface area (Å²) in [6.07, 6.45) is 1.59. The van der Waals surface area contributed by atoms with Gasteiger partial charge in [-0.3, -0.25) is 5.43 Å². The maximum atomic E-state index is 5.93. The zero-order valence-corrected chi connectivity index (χ0v) is 16.6. The molecule has 0 amide bonds. The number of nitrogens with zero attached hydrogens (tertiary/aromatic N) is 1. The van der Waals surface area contributed by atoms with Crippen molar-refractivity contribution in [2.24, 2.45) is 10.8 Å². The van der Waals surface area contributed by atoms with Gasteiger partial charge in [0.05, 0.1) is 17.3 Å². The molecule has 0 aliphatic carbocycles. The van der Waals surface area contributed by atoms with Crippen LogP contribution in [0.15, 0.2) is 46.0 Å². The molecule has 2 aromatic rings. The third-order valence-corrected chi connectivity index (χ3v) is 3.95. The molecular formula is C17H17BrClN3O2S. The highest BCUT2D eigenvalue weighted by Crippen LogP contribution is 2.37. The van der Waals surface area contributed by atoms with Crippen molar-refractivity contribution in [1.29, 1.82) is 0 Å². The molecule has 0 unspecified atom stereocenters. The Balaban J connectivity index is 2.19. The SMILES string of the molecule is CCOc1cc(/C=N/NC(N)=S)cc(Br)c1OCc1ccc(Cl)cc1. The lowest BCUT2D eigenvalue weighted by molar-refractivity contribution is 0.267. The maximum absolute atomic E-state index is 5.93. The summed E-state index contributed by atoms with van der Waals surface area (Å²) in [5.74, 6) is 1.24. The monoisotopic (exact) mass is 441 g/mol. The number of halogens is 2. The van der Waals surface area contributed by atoms with Crippen LogP contribution in [-0.4, -0.2) is 17.9 Å². The van der Waals surface area contributed by atoms with Crippen LogP contribution in [-0.2, 0) is 6.61 Å². The van der Waals surface area contributed by atoms with E-state index < -0.39 is 0 Å².